The zero-order valence-electron chi connectivity index (χ0n) is 10.4. The molecular weight excluding hydrogens is 290 g/mol. The van der Waals surface area contributed by atoms with Crippen LogP contribution < -0.4 is 0 Å². The second kappa shape index (κ2) is 5.36. The SMILES string of the molecule is CCc1cc(CC)n(-c2ccc(Br)cc2C#N)n1. The van der Waals surface area contributed by atoms with Crippen molar-refractivity contribution in [3.8, 4) is 11.8 Å². The lowest BCUT2D eigenvalue weighted by Crippen LogP contribution is -2.04. The molecule has 4 heteroatoms. The van der Waals surface area contributed by atoms with Crippen LogP contribution in [0.15, 0.2) is 28.7 Å². The fraction of sp³-hybridized carbons (Fsp3) is 0.286. The van der Waals surface area contributed by atoms with Crippen LogP contribution in [0.3, 0.4) is 0 Å². The van der Waals surface area contributed by atoms with E-state index in [1.54, 1.807) is 0 Å². The van der Waals surface area contributed by atoms with Gasteiger partial charge in [-0.25, -0.2) is 4.68 Å². The molecule has 92 valence electrons. The van der Waals surface area contributed by atoms with Gasteiger partial charge in [0.2, 0.25) is 0 Å². The molecule has 3 nitrogen and oxygen atoms in total. The summed E-state index contributed by atoms with van der Waals surface area (Å²) in [6.45, 7) is 4.18. The monoisotopic (exact) mass is 303 g/mol. The number of aryl methyl sites for hydroxylation is 2. The molecule has 0 aliphatic rings. The molecule has 1 aromatic carbocycles. The van der Waals surface area contributed by atoms with Gasteiger partial charge in [0.25, 0.3) is 0 Å². The summed E-state index contributed by atoms with van der Waals surface area (Å²) in [4.78, 5) is 0. The van der Waals surface area contributed by atoms with Crippen molar-refractivity contribution >= 4 is 15.9 Å². The van der Waals surface area contributed by atoms with Crippen LogP contribution in [0, 0.1) is 11.3 Å². The Balaban J connectivity index is 2.61. The Bertz CT molecular complexity index is 608. The molecule has 0 amide bonds. The fourth-order valence-electron chi connectivity index (χ4n) is 1.89. The summed E-state index contributed by atoms with van der Waals surface area (Å²) in [6, 6.07) is 10.0. The average Bonchev–Trinajstić information content (AvgIpc) is 2.81. The molecule has 0 N–H and O–H groups in total. The first-order valence-corrected chi connectivity index (χ1v) is 6.76. The number of hydrogen-bond donors (Lipinski definition) is 0. The Morgan fingerprint density at radius 3 is 2.67 bits per heavy atom. The Morgan fingerprint density at radius 2 is 2.06 bits per heavy atom. The third kappa shape index (κ3) is 2.32. The maximum absolute atomic E-state index is 9.22. The van der Waals surface area contributed by atoms with Gasteiger partial charge in [-0.05, 0) is 37.1 Å². The molecule has 18 heavy (non-hydrogen) atoms. The van der Waals surface area contributed by atoms with E-state index in [9.17, 15) is 5.26 Å². The van der Waals surface area contributed by atoms with E-state index in [4.69, 9.17) is 0 Å². The zero-order valence-corrected chi connectivity index (χ0v) is 12.0. The van der Waals surface area contributed by atoms with Crippen molar-refractivity contribution in [1.29, 1.82) is 5.26 Å². The Labute approximate surface area is 115 Å². The van der Waals surface area contributed by atoms with Crippen LogP contribution in [0.1, 0.15) is 30.8 Å². The summed E-state index contributed by atoms with van der Waals surface area (Å²) in [5, 5.41) is 13.8. The predicted molar refractivity (Wildman–Crippen MR) is 74.7 cm³/mol. The van der Waals surface area contributed by atoms with E-state index >= 15 is 0 Å². The summed E-state index contributed by atoms with van der Waals surface area (Å²) in [5.74, 6) is 0. The maximum Gasteiger partial charge on any atom is 0.101 e. The van der Waals surface area contributed by atoms with Gasteiger partial charge in [-0.2, -0.15) is 10.4 Å². The molecule has 0 atom stereocenters. The normalized spacial score (nSPS) is 10.3. The topological polar surface area (TPSA) is 41.6 Å². The second-order valence-electron chi connectivity index (χ2n) is 4.02. The lowest BCUT2D eigenvalue weighted by molar-refractivity contribution is 0.792. The van der Waals surface area contributed by atoms with Crippen molar-refractivity contribution in [2.75, 3.05) is 0 Å². The molecule has 0 saturated heterocycles. The van der Waals surface area contributed by atoms with Crippen LogP contribution in [0.5, 0.6) is 0 Å². The number of nitrogens with zero attached hydrogens (tertiary/aromatic N) is 3. The molecular formula is C14H14BrN3. The van der Waals surface area contributed by atoms with Gasteiger partial charge in [-0.3, -0.25) is 0 Å². The molecule has 0 bridgehead atoms. The summed E-state index contributed by atoms with van der Waals surface area (Å²) < 4.78 is 2.79. The van der Waals surface area contributed by atoms with E-state index in [1.807, 2.05) is 22.9 Å². The molecule has 1 heterocycles. The second-order valence-corrected chi connectivity index (χ2v) is 4.93. The molecule has 2 rings (SSSR count). The van der Waals surface area contributed by atoms with E-state index in [1.165, 1.54) is 0 Å². The molecule has 0 saturated carbocycles. The number of aromatic nitrogens is 2. The van der Waals surface area contributed by atoms with Crippen LogP contribution in [0.4, 0.5) is 0 Å². The van der Waals surface area contributed by atoms with Crippen LogP contribution in [0.25, 0.3) is 5.69 Å². The van der Waals surface area contributed by atoms with Crippen molar-refractivity contribution in [1.82, 2.24) is 9.78 Å². The summed E-state index contributed by atoms with van der Waals surface area (Å²) >= 11 is 3.38. The summed E-state index contributed by atoms with van der Waals surface area (Å²) in [5.41, 5.74) is 3.66. The number of rotatable bonds is 3. The smallest absolute Gasteiger partial charge is 0.101 e. The first kappa shape index (κ1) is 12.8. The van der Waals surface area contributed by atoms with Crippen LogP contribution in [-0.4, -0.2) is 9.78 Å². The van der Waals surface area contributed by atoms with E-state index in [-0.39, 0.29) is 0 Å². The average molecular weight is 304 g/mol. The largest absolute Gasteiger partial charge is 0.236 e. The highest BCUT2D eigenvalue weighted by molar-refractivity contribution is 9.10. The lowest BCUT2D eigenvalue weighted by atomic mass is 10.2. The molecule has 0 unspecified atom stereocenters. The van der Waals surface area contributed by atoms with Gasteiger partial charge in [0.15, 0.2) is 0 Å². The molecule has 0 fully saturated rings. The highest BCUT2D eigenvalue weighted by Gasteiger charge is 2.11. The van der Waals surface area contributed by atoms with Gasteiger partial charge in [0, 0.05) is 10.2 Å². The van der Waals surface area contributed by atoms with Crippen molar-refractivity contribution in [2.45, 2.75) is 26.7 Å². The molecule has 0 aliphatic carbocycles. The van der Waals surface area contributed by atoms with E-state index in [0.717, 1.165) is 34.4 Å². The number of halogens is 1. The minimum Gasteiger partial charge on any atom is -0.236 e. The van der Waals surface area contributed by atoms with Crippen molar-refractivity contribution in [3.05, 3.63) is 45.7 Å². The number of benzene rings is 1. The standard InChI is InChI=1S/C14H14BrN3/c1-3-12-8-13(4-2)18(17-12)14-6-5-11(15)7-10(14)9-16/h5-8H,3-4H2,1-2H3. The zero-order chi connectivity index (χ0) is 13.1. The Kier molecular flexibility index (Phi) is 3.83. The van der Waals surface area contributed by atoms with E-state index in [2.05, 4.69) is 47.0 Å². The van der Waals surface area contributed by atoms with Gasteiger partial charge in [0.1, 0.15) is 6.07 Å². The number of nitriles is 1. The third-order valence-corrected chi connectivity index (χ3v) is 3.36. The lowest BCUT2D eigenvalue weighted by Gasteiger charge is -2.08. The van der Waals surface area contributed by atoms with Crippen molar-refractivity contribution in [3.63, 3.8) is 0 Å². The van der Waals surface area contributed by atoms with Gasteiger partial charge in [-0.1, -0.05) is 29.8 Å². The van der Waals surface area contributed by atoms with Crippen molar-refractivity contribution < 1.29 is 0 Å². The van der Waals surface area contributed by atoms with Gasteiger partial charge >= 0.3 is 0 Å². The van der Waals surface area contributed by atoms with E-state index < -0.39 is 0 Å². The minimum absolute atomic E-state index is 0.629. The first-order valence-electron chi connectivity index (χ1n) is 5.97. The van der Waals surface area contributed by atoms with Gasteiger partial charge in [0.05, 0.1) is 16.9 Å². The molecule has 0 radical (unpaired) electrons. The van der Waals surface area contributed by atoms with Crippen LogP contribution in [0.2, 0.25) is 0 Å². The fourth-order valence-corrected chi connectivity index (χ4v) is 2.25. The Hall–Kier alpha value is -1.60. The molecule has 0 spiro atoms. The number of hydrogen-bond acceptors (Lipinski definition) is 2. The Morgan fingerprint density at radius 1 is 1.28 bits per heavy atom. The first-order chi connectivity index (χ1) is 8.69. The van der Waals surface area contributed by atoms with Gasteiger partial charge in [-0.15, -0.1) is 0 Å². The quantitative estimate of drug-likeness (QED) is 0.869. The summed E-state index contributed by atoms with van der Waals surface area (Å²) in [7, 11) is 0. The molecule has 0 aliphatic heterocycles. The molecule has 1 aromatic heterocycles. The minimum atomic E-state index is 0.629. The van der Waals surface area contributed by atoms with E-state index in [0.29, 0.717) is 5.56 Å². The molecule has 2 aromatic rings. The van der Waals surface area contributed by atoms with Crippen LogP contribution in [-0.2, 0) is 12.8 Å². The maximum atomic E-state index is 9.22. The predicted octanol–water partition coefficient (Wildman–Crippen LogP) is 3.63. The third-order valence-electron chi connectivity index (χ3n) is 2.87. The van der Waals surface area contributed by atoms with Crippen LogP contribution >= 0.6 is 15.9 Å². The van der Waals surface area contributed by atoms with Crippen molar-refractivity contribution in [2.24, 2.45) is 0 Å². The highest BCUT2D eigenvalue weighted by Crippen LogP contribution is 2.21. The highest BCUT2D eigenvalue weighted by atomic mass is 79.9. The van der Waals surface area contributed by atoms with Gasteiger partial charge < -0.3 is 0 Å². The summed E-state index contributed by atoms with van der Waals surface area (Å²) in [6.07, 6.45) is 1.80.